The van der Waals surface area contributed by atoms with Gasteiger partial charge in [-0.05, 0) is 43.0 Å². The number of benzene rings is 1. The predicted octanol–water partition coefficient (Wildman–Crippen LogP) is 2.81. The molecule has 2 amide bonds. The van der Waals surface area contributed by atoms with Crippen LogP contribution in [0.4, 0.5) is 10.5 Å². The van der Waals surface area contributed by atoms with Gasteiger partial charge in [-0.2, -0.15) is 17.4 Å². The summed E-state index contributed by atoms with van der Waals surface area (Å²) in [5.74, 6) is 0. The molecule has 2 aromatic rings. The van der Waals surface area contributed by atoms with E-state index >= 15 is 0 Å². The number of carbonyl (C=O) groups is 1. The van der Waals surface area contributed by atoms with Crippen LogP contribution in [0.25, 0.3) is 10.4 Å². The smallest absolute Gasteiger partial charge is 0.321 e. The molecule has 1 aliphatic heterocycles. The molecular formula is C18H24N4O3S2. The Bertz CT molecular complexity index is 874. The van der Waals surface area contributed by atoms with Crippen LogP contribution in [-0.2, 0) is 10.2 Å². The Morgan fingerprint density at radius 3 is 2.48 bits per heavy atom. The first-order valence-electron chi connectivity index (χ1n) is 8.82. The normalized spacial score (nSPS) is 15.9. The molecule has 0 bridgehead atoms. The van der Waals surface area contributed by atoms with E-state index in [0.29, 0.717) is 13.1 Å². The SMILES string of the molecule is CC(C)NS(=O)(=O)N1CCN(C(=O)Nc2cccc(-c3cccs3)c2)CC1. The van der Waals surface area contributed by atoms with E-state index in [4.69, 9.17) is 0 Å². The monoisotopic (exact) mass is 408 g/mol. The first-order chi connectivity index (χ1) is 12.8. The third-order valence-corrected chi connectivity index (χ3v) is 6.90. The van der Waals surface area contributed by atoms with E-state index in [9.17, 15) is 13.2 Å². The number of piperazine rings is 1. The van der Waals surface area contributed by atoms with E-state index in [1.807, 2.05) is 41.8 Å². The van der Waals surface area contributed by atoms with Crippen molar-refractivity contribution in [3.05, 3.63) is 41.8 Å². The Labute approximate surface area is 164 Å². The first-order valence-corrected chi connectivity index (χ1v) is 11.1. The second-order valence-corrected chi connectivity index (χ2v) is 9.30. The maximum atomic E-state index is 12.5. The summed E-state index contributed by atoms with van der Waals surface area (Å²) >= 11 is 1.65. The molecule has 0 unspecified atom stereocenters. The van der Waals surface area contributed by atoms with Crippen LogP contribution in [0.1, 0.15) is 13.8 Å². The molecule has 0 spiro atoms. The fourth-order valence-electron chi connectivity index (χ4n) is 2.90. The number of amides is 2. The van der Waals surface area contributed by atoms with Crippen molar-refractivity contribution in [1.29, 1.82) is 0 Å². The van der Waals surface area contributed by atoms with Crippen molar-refractivity contribution >= 4 is 33.3 Å². The quantitative estimate of drug-likeness (QED) is 0.798. The van der Waals surface area contributed by atoms with Crippen molar-refractivity contribution in [1.82, 2.24) is 13.9 Å². The second kappa shape index (κ2) is 8.39. The number of anilines is 1. The van der Waals surface area contributed by atoms with Crippen molar-refractivity contribution in [3.8, 4) is 10.4 Å². The minimum absolute atomic E-state index is 0.160. The zero-order valence-corrected chi connectivity index (χ0v) is 17.0. The van der Waals surface area contributed by atoms with Gasteiger partial charge in [0.15, 0.2) is 0 Å². The van der Waals surface area contributed by atoms with E-state index in [-0.39, 0.29) is 25.2 Å². The summed E-state index contributed by atoms with van der Waals surface area (Å²) in [5.41, 5.74) is 1.78. The van der Waals surface area contributed by atoms with Crippen LogP contribution < -0.4 is 10.0 Å². The lowest BCUT2D eigenvalue weighted by Gasteiger charge is -2.34. The number of hydrogen-bond donors (Lipinski definition) is 2. The van der Waals surface area contributed by atoms with E-state index in [1.165, 1.54) is 4.31 Å². The number of rotatable bonds is 5. The highest BCUT2D eigenvalue weighted by atomic mass is 32.2. The topological polar surface area (TPSA) is 81.8 Å². The van der Waals surface area contributed by atoms with Crippen molar-refractivity contribution < 1.29 is 13.2 Å². The third kappa shape index (κ3) is 5.07. The van der Waals surface area contributed by atoms with E-state index in [0.717, 1.165) is 16.1 Å². The summed E-state index contributed by atoms with van der Waals surface area (Å²) in [6.07, 6.45) is 0. The molecule has 2 N–H and O–H groups in total. The van der Waals surface area contributed by atoms with E-state index < -0.39 is 10.2 Å². The van der Waals surface area contributed by atoms with Crippen LogP contribution in [0.15, 0.2) is 41.8 Å². The standard InChI is InChI=1S/C18H24N4O3S2/c1-14(2)20-27(24,25)22-10-8-21(9-11-22)18(23)19-16-6-3-5-15(13-16)17-7-4-12-26-17/h3-7,12-14,20H,8-11H2,1-2H3,(H,19,23). The lowest BCUT2D eigenvalue weighted by atomic mass is 10.1. The van der Waals surface area contributed by atoms with Gasteiger partial charge in [0.1, 0.15) is 0 Å². The molecule has 0 radical (unpaired) electrons. The summed E-state index contributed by atoms with van der Waals surface area (Å²) in [7, 11) is -3.50. The fourth-order valence-corrected chi connectivity index (χ4v) is 5.01. The molecule has 1 aromatic heterocycles. The highest BCUT2D eigenvalue weighted by Gasteiger charge is 2.29. The number of urea groups is 1. The average Bonchev–Trinajstić information content (AvgIpc) is 3.16. The molecule has 1 aliphatic rings. The molecule has 0 aliphatic carbocycles. The van der Waals surface area contributed by atoms with Gasteiger partial charge in [-0.25, -0.2) is 4.79 Å². The zero-order valence-electron chi connectivity index (χ0n) is 15.4. The van der Waals surface area contributed by atoms with E-state index in [2.05, 4.69) is 10.0 Å². The maximum Gasteiger partial charge on any atom is 0.321 e. The Morgan fingerprint density at radius 2 is 1.85 bits per heavy atom. The summed E-state index contributed by atoms with van der Waals surface area (Å²) in [5, 5.41) is 4.92. The Balaban J connectivity index is 1.58. The summed E-state index contributed by atoms with van der Waals surface area (Å²) < 4.78 is 28.4. The van der Waals surface area contributed by atoms with Crippen molar-refractivity contribution in [2.75, 3.05) is 31.5 Å². The summed E-state index contributed by atoms with van der Waals surface area (Å²) in [6, 6.07) is 11.4. The molecular weight excluding hydrogens is 384 g/mol. The van der Waals surface area contributed by atoms with Crippen molar-refractivity contribution in [3.63, 3.8) is 0 Å². The van der Waals surface area contributed by atoms with Crippen LogP contribution >= 0.6 is 11.3 Å². The van der Waals surface area contributed by atoms with Gasteiger partial charge in [0.05, 0.1) is 0 Å². The Kier molecular flexibility index (Phi) is 6.15. The minimum Gasteiger partial charge on any atom is -0.322 e. The number of carbonyl (C=O) groups excluding carboxylic acids is 1. The van der Waals surface area contributed by atoms with Gasteiger partial charge in [0.25, 0.3) is 10.2 Å². The lowest BCUT2D eigenvalue weighted by molar-refractivity contribution is 0.183. The Morgan fingerprint density at radius 1 is 1.11 bits per heavy atom. The minimum atomic E-state index is -3.50. The molecule has 7 nitrogen and oxygen atoms in total. The largest absolute Gasteiger partial charge is 0.322 e. The van der Waals surface area contributed by atoms with Gasteiger partial charge in [0, 0.05) is 42.8 Å². The van der Waals surface area contributed by atoms with Crippen LogP contribution in [0.3, 0.4) is 0 Å². The molecule has 3 rings (SSSR count). The molecule has 1 saturated heterocycles. The molecule has 1 fully saturated rings. The van der Waals surface area contributed by atoms with Gasteiger partial charge >= 0.3 is 6.03 Å². The van der Waals surface area contributed by atoms with Crippen LogP contribution in [0, 0.1) is 0 Å². The molecule has 0 atom stereocenters. The van der Waals surface area contributed by atoms with Gasteiger partial charge < -0.3 is 10.2 Å². The highest BCUT2D eigenvalue weighted by Crippen LogP contribution is 2.26. The van der Waals surface area contributed by atoms with Gasteiger partial charge in [0.2, 0.25) is 0 Å². The van der Waals surface area contributed by atoms with Crippen molar-refractivity contribution in [2.24, 2.45) is 0 Å². The third-order valence-electron chi connectivity index (χ3n) is 4.17. The lowest BCUT2D eigenvalue weighted by Crippen LogP contribution is -2.54. The zero-order chi connectivity index (χ0) is 19.4. The van der Waals surface area contributed by atoms with Crippen LogP contribution in [0.2, 0.25) is 0 Å². The number of thiophene rings is 1. The molecule has 146 valence electrons. The maximum absolute atomic E-state index is 12.5. The summed E-state index contributed by atoms with van der Waals surface area (Å²) in [6.45, 7) is 4.84. The fraction of sp³-hybridized carbons (Fsp3) is 0.389. The van der Waals surface area contributed by atoms with Crippen LogP contribution in [0.5, 0.6) is 0 Å². The predicted molar refractivity (Wildman–Crippen MR) is 109 cm³/mol. The number of hydrogen-bond acceptors (Lipinski definition) is 4. The average molecular weight is 409 g/mol. The highest BCUT2D eigenvalue weighted by molar-refractivity contribution is 7.87. The van der Waals surface area contributed by atoms with Gasteiger partial charge in [-0.3, -0.25) is 0 Å². The molecule has 2 heterocycles. The van der Waals surface area contributed by atoms with Gasteiger partial charge in [-0.1, -0.05) is 18.2 Å². The van der Waals surface area contributed by atoms with E-state index in [1.54, 1.807) is 30.1 Å². The van der Waals surface area contributed by atoms with Gasteiger partial charge in [-0.15, -0.1) is 11.3 Å². The molecule has 27 heavy (non-hydrogen) atoms. The van der Waals surface area contributed by atoms with Crippen molar-refractivity contribution in [2.45, 2.75) is 19.9 Å². The van der Waals surface area contributed by atoms with Crippen LogP contribution in [-0.4, -0.2) is 55.9 Å². The molecule has 1 aromatic carbocycles. The molecule has 9 heteroatoms. The number of nitrogens with one attached hydrogen (secondary N) is 2. The molecule has 0 saturated carbocycles. The Hall–Kier alpha value is -1.94. The second-order valence-electron chi connectivity index (χ2n) is 6.65. The number of nitrogens with zero attached hydrogens (tertiary/aromatic N) is 2. The summed E-state index contributed by atoms with van der Waals surface area (Å²) in [4.78, 5) is 15.3. The first kappa shape index (κ1) is 19.8.